The van der Waals surface area contributed by atoms with Gasteiger partial charge in [0.2, 0.25) is 5.91 Å². The van der Waals surface area contributed by atoms with Crippen LogP contribution in [0.4, 0.5) is 16.2 Å². The van der Waals surface area contributed by atoms with Gasteiger partial charge >= 0.3 is 6.03 Å². The van der Waals surface area contributed by atoms with Crippen molar-refractivity contribution in [2.45, 2.75) is 51.6 Å². The highest BCUT2D eigenvalue weighted by molar-refractivity contribution is 6.01. The highest BCUT2D eigenvalue weighted by Crippen LogP contribution is 2.36. The van der Waals surface area contributed by atoms with Crippen LogP contribution in [0.2, 0.25) is 0 Å². The summed E-state index contributed by atoms with van der Waals surface area (Å²) in [5, 5.41) is 5.85. The number of benzene rings is 2. The first-order valence-electron chi connectivity index (χ1n) is 10.2. The van der Waals surface area contributed by atoms with Gasteiger partial charge in [0.05, 0.1) is 12.8 Å². The molecule has 2 N–H and O–H groups in total. The summed E-state index contributed by atoms with van der Waals surface area (Å²) in [4.78, 5) is 26.3. The lowest BCUT2D eigenvalue weighted by atomic mass is 10.1. The number of carbonyl (C=O) groups excluding carboxylic acids is 2. The van der Waals surface area contributed by atoms with E-state index in [1.54, 1.807) is 14.0 Å². The zero-order chi connectivity index (χ0) is 20.4. The summed E-state index contributed by atoms with van der Waals surface area (Å²) in [5.74, 6) is 0.791. The van der Waals surface area contributed by atoms with Crippen molar-refractivity contribution in [3.05, 3.63) is 53.1 Å². The van der Waals surface area contributed by atoms with Crippen LogP contribution >= 0.6 is 0 Å². The predicted octanol–water partition coefficient (Wildman–Crippen LogP) is 4.34. The summed E-state index contributed by atoms with van der Waals surface area (Å²) >= 11 is 0. The highest BCUT2D eigenvalue weighted by atomic mass is 16.5. The third-order valence-corrected chi connectivity index (χ3v) is 5.66. The number of methoxy groups -OCH3 is 1. The molecule has 6 heteroatoms. The van der Waals surface area contributed by atoms with E-state index < -0.39 is 0 Å². The molecule has 0 atom stereocenters. The summed E-state index contributed by atoms with van der Waals surface area (Å²) in [6.07, 6.45) is 5.26. The standard InChI is InChI=1S/C23H27N3O3/c1-15(27)26(19-11-12-19)14-16-6-9-18(10-7-16)24-23(28)25-22-20-5-3-4-17(20)8-13-21(22)29-2/h6-10,13,19H,3-5,11-12,14H2,1-2H3,(H2,24,25,28). The van der Waals surface area contributed by atoms with Crippen molar-refractivity contribution in [2.24, 2.45) is 0 Å². The minimum atomic E-state index is -0.292. The molecular weight excluding hydrogens is 366 g/mol. The van der Waals surface area contributed by atoms with E-state index in [2.05, 4.69) is 16.7 Å². The van der Waals surface area contributed by atoms with Crippen LogP contribution in [0.15, 0.2) is 36.4 Å². The first-order chi connectivity index (χ1) is 14.0. The van der Waals surface area contributed by atoms with E-state index in [9.17, 15) is 9.59 Å². The average Bonchev–Trinajstić information content (AvgIpc) is 3.43. The monoisotopic (exact) mass is 393 g/mol. The van der Waals surface area contributed by atoms with Crippen molar-refractivity contribution >= 4 is 23.3 Å². The zero-order valence-electron chi connectivity index (χ0n) is 17.0. The lowest BCUT2D eigenvalue weighted by Gasteiger charge is -2.20. The summed E-state index contributed by atoms with van der Waals surface area (Å²) in [5.41, 5.74) is 4.97. The minimum Gasteiger partial charge on any atom is -0.495 e. The molecule has 2 aliphatic rings. The summed E-state index contributed by atoms with van der Waals surface area (Å²) < 4.78 is 5.44. The van der Waals surface area contributed by atoms with Crippen LogP contribution in [0, 0.1) is 0 Å². The Labute approximate surface area is 171 Å². The SMILES string of the molecule is COc1ccc2c(c1NC(=O)Nc1ccc(CN(C(C)=O)C3CC3)cc1)CCC2. The van der Waals surface area contributed by atoms with Crippen molar-refractivity contribution in [2.75, 3.05) is 17.7 Å². The molecule has 2 aliphatic carbocycles. The summed E-state index contributed by atoms with van der Waals surface area (Å²) in [6.45, 7) is 2.23. The fourth-order valence-corrected chi connectivity index (χ4v) is 4.00. The maximum Gasteiger partial charge on any atom is 0.323 e. The molecule has 0 bridgehead atoms. The number of urea groups is 1. The molecule has 6 nitrogen and oxygen atoms in total. The van der Waals surface area contributed by atoms with Crippen LogP contribution < -0.4 is 15.4 Å². The van der Waals surface area contributed by atoms with Gasteiger partial charge in [0.25, 0.3) is 0 Å². The second-order valence-electron chi connectivity index (χ2n) is 7.79. The molecule has 3 amide bonds. The molecule has 1 fully saturated rings. The number of rotatable bonds is 6. The third kappa shape index (κ3) is 4.36. The molecule has 29 heavy (non-hydrogen) atoms. The van der Waals surface area contributed by atoms with E-state index in [4.69, 9.17) is 4.74 Å². The van der Waals surface area contributed by atoms with Crippen molar-refractivity contribution in [3.8, 4) is 5.75 Å². The fourth-order valence-electron chi connectivity index (χ4n) is 4.00. The van der Waals surface area contributed by atoms with E-state index in [1.165, 1.54) is 11.1 Å². The molecule has 0 aliphatic heterocycles. The first kappa shape index (κ1) is 19.3. The molecule has 4 rings (SSSR count). The number of amides is 3. The maximum atomic E-state index is 12.6. The van der Waals surface area contributed by atoms with Crippen LogP contribution in [0.25, 0.3) is 0 Å². The van der Waals surface area contributed by atoms with Crippen molar-refractivity contribution in [3.63, 3.8) is 0 Å². The van der Waals surface area contributed by atoms with Gasteiger partial charge < -0.3 is 20.3 Å². The van der Waals surface area contributed by atoms with Gasteiger partial charge in [-0.05, 0) is 67.0 Å². The van der Waals surface area contributed by atoms with Gasteiger partial charge in [-0.25, -0.2) is 4.79 Å². The smallest absolute Gasteiger partial charge is 0.323 e. The lowest BCUT2D eigenvalue weighted by Crippen LogP contribution is -2.30. The molecule has 2 aromatic rings. The van der Waals surface area contributed by atoms with Gasteiger partial charge in [0.15, 0.2) is 0 Å². The quantitative estimate of drug-likeness (QED) is 0.767. The number of anilines is 2. The summed E-state index contributed by atoms with van der Waals surface area (Å²) in [6, 6.07) is 11.7. The Morgan fingerprint density at radius 1 is 1.07 bits per heavy atom. The zero-order valence-corrected chi connectivity index (χ0v) is 17.0. The van der Waals surface area contributed by atoms with Gasteiger partial charge in [0, 0.05) is 25.2 Å². The van der Waals surface area contributed by atoms with Gasteiger partial charge in [-0.1, -0.05) is 18.2 Å². The van der Waals surface area contributed by atoms with Crippen LogP contribution in [0.5, 0.6) is 5.75 Å². The van der Waals surface area contributed by atoms with Crippen LogP contribution in [0.1, 0.15) is 42.9 Å². The molecule has 152 valence electrons. The fraction of sp³-hybridized carbons (Fsp3) is 0.391. The maximum absolute atomic E-state index is 12.6. The van der Waals surface area contributed by atoms with E-state index in [0.29, 0.717) is 24.0 Å². The highest BCUT2D eigenvalue weighted by Gasteiger charge is 2.30. The van der Waals surface area contributed by atoms with Gasteiger partial charge in [-0.15, -0.1) is 0 Å². The van der Waals surface area contributed by atoms with Crippen molar-refractivity contribution in [1.82, 2.24) is 4.90 Å². The topological polar surface area (TPSA) is 70.7 Å². The van der Waals surface area contributed by atoms with Crippen molar-refractivity contribution < 1.29 is 14.3 Å². The Bertz CT molecular complexity index is 920. The van der Waals surface area contributed by atoms with E-state index in [1.807, 2.05) is 35.2 Å². The van der Waals surface area contributed by atoms with Crippen molar-refractivity contribution in [1.29, 1.82) is 0 Å². The number of nitrogens with zero attached hydrogens (tertiary/aromatic N) is 1. The van der Waals surface area contributed by atoms with E-state index >= 15 is 0 Å². The molecule has 0 radical (unpaired) electrons. The Morgan fingerprint density at radius 3 is 2.48 bits per heavy atom. The number of hydrogen-bond donors (Lipinski definition) is 2. The van der Waals surface area contributed by atoms with Crippen LogP contribution in [-0.2, 0) is 24.2 Å². The van der Waals surface area contributed by atoms with Crippen LogP contribution in [0.3, 0.4) is 0 Å². The van der Waals surface area contributed by atoms with Gasteiger partial charge in [-0.2, -0.15) is 0 Å². The molecule has 0 aromatic heterocycles. The lowest BCUT2D eigenvalue weighted by molar-refractivity contribution is -0.130. The molecule has 1 saturated carbocycles. The van der Waals surface area contributed by atoms with E-state index in [-0.39, 0.29) is 11.9 Å². The van der Waals surface area contributed by atoms with Gasteiger partial charge in [-0.3, -0.25) is 4.79 Å². The largest absolute Gasteiger partial charge is 0.495 e. The Morgan fingerprint density at radius 2 is 1.83 bits per heavy atom. The molecule has 0 saturated heterocycles. The molecule has 0 spiro atoms. The molecule has 0 unspecified atom stereocenters. The Kier molecular flexibility index (Phi) is 5.43. The third-order valence-electron chi connectivity index (χ3n) is 5.66. The first-order valence-corrected chi connectivity index (χ1v) is 10.2. The number of carbonyl (C=O) groups is 2. The normalized spacial score (nSPS) is 14.8. The predicted molar refractivity (Wildman–Crippen MR) is 113 cm³/mol. The molecule has 0 heterocycles. The Hall–Kier alpha value is -3.02. The number of nitrogens with one attached hydrogen (secondary N) is 2. The summed E-state index contributed by atoms with van der Waals surface area (Å²) in [7, 11) is 1.62. The number of ether oxygens (including phenoxy) is 1. The van der Waals surface area contributed by atoms with E-state index in [0.717, 1.165) is 43.4 Å². The Balaban J connectivity index is 1.40. The minimum absolute atomic E-state index is 0.110. The van der Waals surface area contributed by atoms with Gasteiger partial charge in [0.1, 0.15) is 5.75 Å². The number of hydrogen-bond acceptors (Lipinski definition) is 3. The second-order valence-corrected chi connectivity index (χ2v) is 7.79. The van der Waals surface area contributed by atoms with Crippen LogP contribution in [-0.4, -0.2) is 30.0 Å². The molecular formula is C23H27N3O3. The number of aryl methyl sites for hydroxylation is 1. The molecule has 2 aromatic carbocycles. The average molecular weight is 393 g/mol. The second kappa shape index (κ2) is 8.15. The number of fused-ring (bicyclic) bond motifs is 1.